The summed E-state index contributed by atoms with van der Waals surface area (Å²) < 4.78 is 24.0. The van der Waals surface area contributed by atoms with Crippen molar-refractivity contribution in [2.75, 3.05) is 24.8 Å². The van der Waals surface area contributed by atoms with Crippen molar-refractivity contribution in [3.05, 3.63) is 23.5 Å². The Morgan fingerprint density at radius 3 is 2.70 bits per heavy atom. The molecule has 1 amide bonds. The predicted molar refractivity (Wildman–Crippen MR) is 76.6 cm³/mol. The molecule has 0 aliphatic carbocycles. The molecule has 0 unspecified atom stereocenters. The van der Waals surface area contributed by atoms with Crippen molar-refractivity contribution in [2.24, 2.45) is 5.84 Å². The fourth-order valence-corrected chi connectivity index (χ4v) is 2.02. The van der Waals surface area contributed by atoms with Crippen molar-refractivity contribution >= 4 is 21.6 Å². The fourth-order valence-electron chi connectivity index (χ4n) is 1.50. The molecule has 112 valence electrons. The number of hydrogen-bond acceptors (Lipinski definition) is 6. The van der Waals surface area contributed by atoms with Gasteiger partial charge in [0.25, 0.3) is 5.91 Å². The lowest BCUT2D eigenvalue weighted by Crippen LogP contribution is -2.30. The standard InChI is InChI=1S/C11H19N5O3S/c1-8-6-10(16-12)9(7-14-8)11(17)13-4-3-5-15-20(2,18)19/h6-7,15H,3-5,12H2,1-2H3,(H,13,17)(H,14,16). The average molecular weight is 301 g/mol. The molecule has 0 atom stereocenters. The molecule has 0 aromatic carbocycles. The van der Waals surface area contributed by atoms with Crippen LogP contribution in [0.3, 0.4) is 0 Å². The minimum absolute atomic E-state index is 0.271. The zero-order chi connectivity index (χ0) is 15.2. The van der Waals surface area contributed by atoms with Gasteiger partial charge in [0.15, 0.2) is 0 Å². The van der Waals surface area contributed by atoms with E-state index < -0.39 is 10.0 Å². The Hall–Kier alpha value is -1.71. The predicted octanol–water partition coefficient (Wildman–Crippen LogP) is -0.655. The van der Waals surface area contributed by atoms with E-state index in [1.165, 1.54) is 6.20 Å². The summed E-state index contributed by atoms with van der Waals surface area (Å²) in [6.45, 7) is 2.41. The van der Waals surface area contributed by atoms with E-state index in [0.29, 0.717) is 24.2 Å². The van der Waals surface area contributed by atoms with Gasteiger partial charge in [-0.1, -0.05) is 0 Å². The van der Waals surface area contributed by atoms with E-state index in [9.17, 15) is 13.2 Å². The molecule has 1 aromatic heterocycles. The molecular formula is C11H19N5O3S. The number of aryl methyl sites for hydroxylation is 1. The Kier molecular flexibility index (Phi) is 5.86. The monoisotopic (exact) mass is 301 g/mol. The number of amides is 1. The van der Waals surface area contributed by atoms with Crippen molar-refractivity contribution in [1.29, 1.82) is 0 Å². The summed E-state index contributed by atoms with van der Waals surface area (Å²) in [6, 6.07) is 1.67. The maximum atomic E-state index is 11.9. The second-order valence-electron chi connectivity index (χ2n) is 4.29. The molecule has 0 saturated heterocycles. The maximum absolute atomic E-state index is 11.9. The maximum Gasteiger partial charge on any atom is 0.255 e. The van der Waals surface area contributed by atoms with E-state index >= 15 is 0 Å². The zero-order valence-electron chi connectivity index (χ0n) is 11.4. The quantitative estimate of drug-likeness (QED) is 0.301. The van der Waals surface area contributed by atoms with Gasteiger partial charge < -0.3 is 10.7 Å². The number of carbonyl (C=O) groups excluding carboxylic acids is 1. The van der Waals surface area contributed by atoms with Crippen LogP contribution in [0.2, 0.25) is 0 Å². The number of hydrogen-bond donors (Lipinski definition) is 4. The van der Waals surface area contributed by atoms with Crippen LogP contribution >= 0.6 is 0 Å². The van der Waals surface area contributed by atoms with E-state index in [2.05, 4.69) is 20.4 Å². The minimum Gasteiger partial charge on any atom is -0.352 e. The largest absolute Gasteiger partial charge is 0.352 e. The van der Waals surface area contributed by atoms with Crippen LogP contribution in [-0.4, -0.2) is 38.7 Å². The Labute approximate surface area is 118 Å². The Morgan fingerprint density at radius 2 is 2.10 bits per heavy atom. The molecule has 0 saturated carbocycles. The van der Waals surface area contributed by atoms with E-state index in [1.54, 1.807) is 13.0 Å². The topological polar surface area (TPSA) is 126 Å². The summed E-state index contributed by atoms with van der Waals surface area (Å²) in [5.74, 6) is 5.03. The molecule has 1 heterocycles. The summed E-state index contributed by atoms with van der Waals surface area (Å²) in [5, 5.41) is 2.67. The summed E-state index contributed by atoms with van der Waals surface area (Å²) in [7, 11) is -3.19. The van der Waals surface area contributed by atoms with Gasteiger partial charge in [-0.05, 0) is 19.4 Å². The molecule has 0 aliphatic rings. The molecule has 0 fully saturated rings. The second-order valence-corrected chi connectivity index (χ2v) is 6.12. The van der Waals surface area contributed by atoms with Gasteiger partial charge >= 0.3 is 0 Å². The Balaban J connectivity index is 2.47. The van der Waals surface area contributed by atoms with Crippen molar-refractivity contribution < 1.29 is 13.2 Å². The third-order valence-corrected chi connectivity index (χ3v) is 3.17. The first-order chi connectivity index (χ1) is 9.33. The molecule has 0 bridgehead atoms. The molecular weight excluding hydrogens is 282 g/mol. The number of aromatic nitrogens is 1. The number of sulfonamides is 1. The highest BCUT2D eigenvalue weighted by Crippen LogP contribution is 2.13. The number of nitrogens with two attached hydrogens (primary N) is 1. The van der Waals surface area contributed by atoms with Gasteiger partial charge in [0.2, 0.25) is 10.0 Å². The third kappa shape index (κ3) is 5.51. The number of carbonyl (C=O) groups is 1. The lowest BCUT2D eigenvalue weighted by atomic mass is 10.2. The molecule has 20 heavy (non-hydrogen) atoms. The first-order valence-corrected chi connectivity index (χ1v) is 7.88. The van der Waals surface area contributed by atoms with E-state index in [4.69, 9.17) is 5.84 Å². The van der Waals surface area contributed by atoms with Gasteiger partial charge in [0, 0.05) is 25.0 Å². The highest BCUT2D eigenvalue weighted by molar-refractivity contribution is 7.88. The van der Waals surface area contributed by atoms with Crippen LogP contribution in [0, 0.1) is 6.92 Å². The molecule has 0 radical (unpaired) electrons. The highest BCUT2D eigenvalue weighted by Gasteiger charge is 2.11. The van der Waals surface area contributed by atoms with Gasteiger partial charge in [-0.15, -0.1) is 0 Å². The van der Waals surface area contributed by atoms with Gasteiger partial charge in [-0.25, -0.2) is 13.1 Å². The fraction of sp³-hybridized carbons (Fsp3) is 0.455. The normalized spacial score (nSPS) is 11.2. The lowest BCUT2D eigenvalue weighted by molar-refractivity contribution is 0.0954. The SMILES string of the molecule is Cc1cc(NN)c(C(=O)NCCCNS(C)(=O)=O)cn1. The number of anilines is 1. The van der Waals surface area contributed by atoms with Crippen molar-refractivity contribution in [2.45, 2.75) is 13.3 Å². The molecule has 8 nitrogen and oxygen atoms in total. The minimum atomic E-state index is -3.19. The molecule has 9 heteroatoms. The van der Waals surface area contributed by atoms with Gasteiger partial charge in [0.1, 0.15) is 0 Å². The third-order valence-electron chi connectivity index (χ3n) is 2.44. The van der Waals surface area contributed by atoms with Gasteiger partial charge in [0.05, 0.1) is 17.5 Å². The van der Waals surface area contributed by atoms with E-state index in [0.717, 1.165) is 11.9 Å². The second kappa shape index (κ2) is 7.17. The van der Waals surface area contributed by atoms with Crippen LogP contribution < -0.4 is 21.3 Å². The summed E-state index contributed by atoms with van der Waals surface area (Å²) in [4.78, 5) is 15.9. The molecule has 0 aliphatic heterocycles. The van der Waals surface area contributed by atoms with Gasteiger partial charge in [-0.3, -0.25) is 15.6 Å². The number of rotatable bonds is 7. The number of nitrogen functional groups attached to an aromatic ring is 1. The highest BCUT2D eigenvalue weighted by atomic mass is 32.2. The average Bonchev–Trinajstić information content (AvgIpc) is 2.36. The molecule has 0 spiro atoms. The Morgan fingerprint density at radius 1 is 1.40 bits per heavy atom. The summed E-state index contributed by atoms with van der Waals surface area (Å²) >= 11 is 0. The number of nitrogens with zero attached hydrogens (tertiary/aromatic N) is 1. The van der Waals surface area contributed by atoms with Crippen LogP contribution in [0.5, 0.6) is 0 Å². The number of hydrazine groups is 1. The summed E-state index contributed by atoms with van der Waals surface area (Å²) in [5.41, 5.74) is 4.02. The van der Waals surface area contributed by atoms with Crippen molar-refractivity contribution in [1.82, 2.24) is 15.0 Å². The van der Waals surface area contributed by atoms with Crippen LogP contribution in [0.25, 0.3) is 0 Å². The number of nitrogens with one attached hydrogen (secondary N) is 3. The zero-order valence-corrected chi connectivity index (χ0v) is 12.3. The Bertz CT molecular complexity index is 573. The van der Waals surface area contributed by atoms with Crippen LogP contribution in [0.4, 0.5) is 5.69 Å². The van der Waals surface area contributed by atoms with E-state index in [-0.39, 0.29) is 12.5 Å². The van der Waals surface area contributed by atoms with Crippen LogP contribution in [0.15, 0.2) is 12.3 Å². The smallest absolute Gasteiger partial charge is 0.255 e. The van der Waals surface area contributed by atoms with Crippen molar-refractivity contribution in [3.63, 3.8) is 0 Å². The van der Waals surface area contributed by atoms with E-state index in [1.807, 2.05) is 0 Å². The molecule has 1 rings (SSSR count). The lowest BCUT2D eigenvalue weighted by Gasteiger charge is -2.10. The van der Waals surface area contributed by atoms with Crippen molar-refractivity contribution in [3.8, 4) is 0 Å². The first kappa shape index (κ1) is 16.3. The van der Waals surface area contributed by atoms with Gasteiger partial charge in [-0.2, -0.15) is 0 Å². The van der Waals surface area contributed by atoms with Crippen LogP contribution in [0.1, 0.15) is 22.5 Å². The number of pyridine rings is 1. The first-order valence-electron chi connectivity index (χ1n) is 5.99. The molecule has 1 aromatic rings. The molecule has 5 N–H and O–H groups in total. The summed E-state index contributed by atoms with van der Waals surface area (Å²) in [6.07, 6.45) is 3.01. The van der Waals surface area contributed by atoms with Crippen LogP contribution in [-0.2, 0) is 10.0 Å².